The zero-order valence-electron chi connectivity index (χ0n) is 17.3. The van der Waals surface area contributed by atoms with Gasteiger partial charge in [-0.2, -0.15) is 4.31 Å². The van der Waals surface area contributed by atoms with E-state index in [9.17, 15) is 13.2 Å². The van der Waals surface area contributed by atoms with Crippen molar-refractivity contribution in [3.63, 3.8) is 0 Å². The first-order valence-corrected chi connectivity index (χ1v) is 14.0. The van der Waals surface area contributed by atoms with Gasteiger partial charge in [0.05, 0.1) is 10.6 Å². The Morgan fingerprint density at radius 3 is 2.53 bits per heavy atom. The van der Waals surface area contributed by atoms with E-state index in [0.717, 1.165) is 16.2 Å². The van der Waals surface area contributed by atoms with Crippen molar-refractivity contribution in [2.45, 2.75) is 22.6 Å². The van der Waals surface area contributed by atoms with E-state index in [-0.39, 0.29) is 11.8 Å². The smallest absolute Gasteiger partial charge is 0.244 e. The fraction of sp³-hybridized carbons (Fsp3) is 0.273. The monoisotopic (exact) mass is 507 g/mol. The van der Waals surface area contributed by atoms with Gasteiger partial charge in [0.15, 0.2) is 5.13 Å². The molecule has 0 spiro atoms. The molecule has 1 fully saturated rings. The van der Waals surface area contributed by atoms with Crippen LogP contribution in [-0.2, 0) is 14.8 Å². The summed E-state index contributed by atoms with van der Waals surface area (Å²) in [6.45, 7) is 0.633. The number of aromatic nitrogens is 1. The summed E-state index contributed by atoms with van der Waals surface area (Å²) in [5, 5.41) is 5.96. The van der Waals surface area contributed by atoms with E-state index in [0.29, 0.717) is 41.0 Å². The summed E-state index contributed by atoms with van der Waals surface area (Å²) in [4.78, 5) is 18.3. The predicted molar refractivity (Wildman–Crippen MR) is 131 cm³/mol. The van der Waals surface area contributed by atoms with Gasteiger partial charge in [-0.1, -0.05) is 35.9 Å². The number of amides is 1. The maximum Gasteiger partial charge on any atom is 0.244 e. The molecule has 1 saturated heterocycles. The van der Waals surface area contributed by atoms with Crippen LogP contribution in [0.4, 0.5) is 5.13 Å². The Kier molecular flexibility index (Phi) is 7.21. The first-order chi connectivity index (χ1) is 15.4. The lowest BCUT2D eigenvalue weighted by atomic mass is 9.97. The number of sulfonamides is 1. The summed E-state index contributed by atoms with van der Waals surface area (Å²) < 4.78 is 27.7. The molecule has 32 heavy (non-hydrogen) atoms. The van der Waals surface area contributed by atoms with E-state index >= 15 is 0 Å². The largest absolute Gasteiger partial charge is 0.302 e. The van der Waals surface area contributed by atoms with Gasteiger partial charge >= 0.3 is 0 Å². The normalized spacial score (nSPS) is 15.6. The minimum absolute atomic E-state index is 0.122. The minimum Gasteiger partial charge on any atom is -0.302 e. The molecular weight excluding hydrogens is 486 g/mol. The summed E-state index contributed by atoms with van der Waals surface area (Å²) in [6, 6.07) is 14.4. The molecule has 168 valence electrons. The van der Waals surface area contributed by atoms with Crippen LogP contribution in [0.3, 0.4) is 0 Å². The molecule has 2 heterocycles. The molecule has 2 aromatic carbocycles. The molecule has 1 aromatic heterocycles. The van der Waals surface area contributed by atoms with Crippen molar-refractivity contribution in [2.24, 2.45) is 5.92 Å². The van der Waals surface area contributed by atoms with Crippen LogP contribution in [0.25, 0.3) is 11.3 Å². The fourth-order valence-corrected chi connectivity index (χ4v) is 7.06. The second-order valence-electron chi connectivity index (χ2n) is 7.36. The average Bonchev–Trinajstić information content (AvgIpc) is 3.28. The molecule has 1 aliphatic heterocycles. The number of benzene rings is 2. The fourth-order valence-electron chi connectivity index (χ4n) is 3.62. The lowest BCUT2D eigenvalue weighted by Gasteiger charge is -2.30. The van der Waals surface area contributed by atoms with E-state index in [1.807, 2.05) is 35.9 Å². The van der Waals surface area contributed by atoms with Crippen molar-refractivity contribution < 1.29 is 13.2 Å². The number of thiazole rings is 1. The van der Waals surface area contributed by atoms with Crippen LogP contribution in [0.5, 0.6) is 0 Å². The molecule has 4 rings (SSSR count). The van der Waals surface area contributed by atoms with Gasteiger partial charge in [-0.15, -0.1) is 23.1 Å². The van der Waals surface area contributed by atoms with Crippen LogP contribution in [0.2, 0.25) is 5.02 Å². The lowest BCUT2D eigenvalue weighted by molar-refractivity contribution is -0.120. The van der Waals surface area contributed by atoms with Gasteiger partial charge in [0.1, 0.15) is 0 Å². The molecule has 0 unspecified atom stereocenters. The maximum atomic E-state index is 13.1. The van der Waals surface area contributed by atoms with E-state index < -0.39 is 10.0 Å². The zero-order valence-corrected chi connectivity index (χ0v) is 20.5. The van der Waals surface area contributed by atoms with E-state index in [4.69, 9.17) is 11.6 Å². The van der Waals surface area contributed by atoms with Crippen LogP contribution < -0.4 is 5.32 Å². The second kappa shape index (κ2) is 9.93. The molecule has 0 saturated carbocycles. The summed E-state index contributed by atoms with van der Waals surface area (Å²) >= 11 is 8.70. The summed E-state index contributed by atoms with van der Waals surface area (Å²) in [5.74, 6) is -0.372. The molecular formula is C22H22ClN3O3S3. The van der Waals surface area contributed by atoms with Crippen LogP contribution in [0.15, 0.2) is 63.7 Å². The minimum atomic E-state index is -3.58. The number of carbonyl (C=O) groups excluding carboxylic acids is 1. The molecule has 6 nitrogen and oxygen atoms in total. The Morgan fingerprint density at radius 2 is 1.84 bits per heavy atom. The number of nitrogens with zero attached hydrogens (tertiary/aromatic N) is 2. The highest BCUT2D eigenvalue weighted by Crippen LogP contribution is 2.31. The Balaban J connectivity index is 1.37. The highest BCUT2D eigenvalue weighted by Gasteiger charge is 2.33. The highest BCUT2D eigenvalue weighted by molar-refractivity contribution is 7.99. The topological polar surface area (TPSA) is 79.4 Å². The van der Waals surface area contributed by atoms with Crippen molar-refractivity contribution in [1.82, 2.24) is 9.29 Å². The summed E-state index contributed by atoms with van der Waals surface area (Å²) in [6.07, 6.45) is 2.81. The number of thioether (sulfide) groups is 1. The van der Waals surface area contributed by atoms with Crippen molar-refractivity contribution >= 4 is 55.8 Å². The molecule has 3 aromatic rings. The van der Waals surface area contributed by atoms with Crippen molar-refractivity contribution in [1.29, 1.82) is 0 Å². The van der Waals surface area contributed by atoms with Gasteiger partial charge in [0.25, 0.3) is 0 Å². The number of halogens is 1. The Hall–Kier alpha value is -1.91. The summed E-state index contributed by atoms with van der Waals surface area (Å²) in [5.41, 5.74) is 1.70. The number of rotatable bonds is 6. The Morgan fingerprint density at radius 1 is 1.16 bits per heavy atom. The van der Waals surface area contributed by atoms with E-state index in [2.05, 4.69) is 10.3 Å². The number of carbonyl (C=O) groups is 1. The van der Waals surface area contributed by atoms with Crippen molar-refractivity contribution in [3.8, 4) is 11.3 Å². The molecule has 0 aliphatic carbocycles. The first kappa shape index (κ1) is 23.3. The van der Waals surface area contributed by atoms with Gasteiger partial charge in [0, 0.05) is 39.9 Å². The lowest BCUT2D eigenvalue weighted by Crippen LogP contribution is -2.41. The number of hydrogen-bond acceptors (Lipinski definition) is 6. The van der Waals surface area contributed by atoms with E-state index in [1.54, 1.807) is 24.3 Å². The first-order valence-electron chi connectivity index (χ1n) is 10.0. The summed E-state index contributed by atoms with van der Waals surface area (Å²) in [7, 11) is -3.58. The third-order valence-corrected chi connectivity index (χ3v) is 9.28. The SMILES string of the molecule is CSc1ccccc1S(=O)(=O)N1CCC(C(=O)Nc2nc(-c3ccc(Cl)cc3)cs2)CC1. The second-order valence-corrected chi connectivity index (χ2v) is 11.4. The molecule has 0 bridgehead atoms. The average molecular weight is 508 g/mol. The van der Waals surface area contributed by atoms with Gasteiger partial charge < -0.3 is 5.32 Å². The maximum absolute atomic E-state index is 13.1. The molecule has 10 heteroatoms. The predicted octanol–water partition coefficient (Wildman–Crippen LogP) is 5.22. The van der Waals surface area contributed by atoms with Crippen molar-refractivity contribution in [2.75, 3.05) is 24.7 Å². The third kappa shape index (κ3) is 5.02. The Bertz CT molecular complexity index is 1200. The molecule has 0 atom stereocenters. The van der Waals surface area contributed by atoms with E-state index in [1.165, 1.54) is 27.4 Å². The third-order valence-electron chi connectivity index (χ3n) is 5.39. The van der Waals surface area contributed by atoms with Gasteiger partial charge in [-0.3, -0.25) is 4.79 Å². The van der Waals surface area contributed by atoms with Crippen molar-refractivity contribution in [3.05, 3.63) is 58.9 Å². The van der Waals surface area contributed by atoms with Crippen LogP contribution in [-0.4, -0.2) is 43.0 Å². The molecule has 1 N–H and O–H groups in total. The molecule has 0 radical (unpaired) electrons. The quantitative estimate of drug-likeness (QED) is 0.462. The van der Waals surface area contributed by atoms with Gasteiger partial charge in [-0.05, 0) is 43.4 Å². The van der Waals surface area contributed by atoms with Crippen LogP contribution in [0.1, 0.15) is 12.8 Å². The van der Waals surface area contributed by atoms with Crippen LogP contribution in [0, 0.1) is 5.92 Å². The van der Waals surface area contributed by atoms with Gasteiger partial charge in [0.2, 0.25) is 15.9 Å². The number of nitrogens with one attached hydrogen (secondary N) is 1. The zero-order chi connectivity index (χ0) is 22.7. The standard InChI is InChI=1S/C22H22ClN3O3S3/c1-30-19-4-2-3-5-20(19)32(28,29)26-12-10-16(11-13-26)21(27)25-22-24-18(14-31-22)15-6-8-17(23)9-7-15/h2-9,14,16H,10-13H2,1H3,(H,24,25,27). The van der Waals surface area contributed by atoms with Gasteiger partial charge in [-0.25, -0.2) is 13.4 Å². The number of hydrogen-bond donors (Lipinski definition) is 1. The number of piperidine rings is 1. The van der Waals surface area contributed by atoms with Crippen LogP contribution >= 0.6 is 34.7 Å². The Labute approximate surface area is 201 Å². The molecule has 1 amide bonds. The highest BCUT2D eigenvalue weighted by atomic mass is 35.5. The molecule has 1 aliphatic rings. The number of anilines is 1.